The number of rotatable bonds is 18. The number of carboxylic acids is 1. The third kappa shape index (κ3) is 10.9. The van der Waals surface area contributed by atoms with Gasteiger partial charge in [0.05, 0.1) is 36.9 Å². The van der Waals surface area contributed by atoms with Crippen molar-refractivity contribution in [1.29, 1.82) is 0 Å². The van der Waals surface area contributed by atoms with Crippen LogP contribution in [-0.4, -0.2) is 64.0 Å². The Morgan fingerprint density at radius 2 is 1.69 bits per heavy atom. The van der Waals surface area contributed by atoms with Crippen LogP contribution >= 0.6 is 0 Å². The Labute approximate surface area is 286 Å². The molecule has 2 aromatic carbocycles. The number of nitrogens with one attached hydrogen (secondary N) is 2. The van der Waals surface area contributed by atoms with Gasteiger partial charge in [0.1, 0.15) is 12.3 Å². The van der Waals surface area contributed by atoms with Crippen molar-refractivity contribution in [3.05, 3.63) is 77.1 Å². The molecule has 2 aliphatic heterocycles. The number of benzene rings is 2. The van der Waals surface area contributed by atoms with Crippen molar-refractivity contribution in [2.24, 2.45) is 5.92 Å². The largest absolute Gasteiger partial charge is 0.493 e. The number of alkyl halides is 3. The van der Waals surface area contributed by atoms with Crippen LogP contribution in [0.3, 0.4) is 0 Å². The highest BCUT2D eigenvalue weighted by atomic mass is 19.4. The van der Waals surface area contributed by atoms with Crippen molar-refractivity contribution in [1.82, 2.24) is 14.6 Å². The van der Waals surface area contributed by atoms with E-state index in [9.17, 15) is 27.9 Å². The maximum absolute atomic E-state index is 13.9. The lowest BCUT2D eigenvalue weighted by Crippen LogP contribution is -2.44. The van der Waals surface area contributed by atoms with Crippen molar-refractivity contribution in [2.45, 2.75) is 95.7 Å². The molecule has 5 rings (SSSR count). The Kier molecular flexibility index (Phi) is 12.8. The molecule has 2 aliphatic rings. The second-order valence-electron chi connectivity index (χ2n) is 13.2. The zero-order chi connectivity index (χ0) is 34.6. The van der Waals surface area contributed by atoms with E-state index in [1.54, 1.807) is 18.2 Å². The van der Waals surface area contributed by atoms with Crippen molar-refractivity contribution in [2.75, 3.05) is 37.0 Å². The highest BCUT2D eigenvalue weighted by molar-refractivity contribution is 5.84. The SMILES string of the molecule is O=C(O)C[C@@H]1Cc2ccc(OCCc3cn4c(n3)NCCN4)cc2C(CCCCCCCCCCc2ccccc2)N(CC(F)(F)F)C1=O. The number of carbonyl (C=O) groups is 2. The number of ether oxygens (including phenoxy) is 1. The van der Waals surface area contributed by atoms with Crippen LogP contribution in [0.4, 0.5) is 19.1 Å². The van der Waals surface area contributed by atoms with Gasteiger partial charge in [-0.15, -0.1) is 0 Å². The van der Waals surface area contributed by atoms with Crippen molar-refractivity contribution < 1.29 is 32.6 Å². The lowest BCUT2D eigenvalue weighted by molar-refractivity contribution is -0.169. The van der Waals surface area contributed by atoms with E-state index in [2.05, 4.69) is 40.0 Å². The Bertz CT molecular complexity index is 1490. The molecule has 1 aromatic heterocycles. The first kappa shape index (κ1) is 36.1. The maximum atomic E-state index is 13.9. The number of amides is 1. The molecule has 3 heterocycles. The molecule has 0 saturated carbocycles. The molecule has 0 saturated heterocycles. The van der Waals surface area contributed by atoms with E-state index in [0.717, 1.165) is 74.6 Å². The molecule has 49 heavy (non-hydrogen) atoms. The van der Waals surface area contributed by atoms with Crippen LogP contribution in [0.1, 0.15) is 92.6 Å². The summed E-state index contributed by atoms with van der Waals surface area (Å²) in [5, 5.41) is 12.7. The Morgan fingerprint density at radius 3 is 2.41 bits per heavy atom. The summed E-state index contributed by atoms with van der Waals surface area (Å²) < 4.78 is 49.7. The average molecular weight is 684 g/mol. The van der Waals surface area contributed by atoms with E-state index >= 15 is 0 Å². The van der Waals surface area contributed by atoms with Gasteiger partial charge < -0.3 is 25.5 Å². The van der Waals surface area contributed by atoms with E-state index in [-0.39, 0.29) is 6.42 Å². The van der Waals surface area contributed by atoms with Gasteiger partial charge in [-0.25, -0.2) is 9.66 Å². The average Bonchev–Trinajstić information content (AvgIpc) is 3.45. The Balaban J connectivity index is 1.21. The van der Waals surface area contributed by atoms with Gasteiger partial charge in [-0.1, -0.05) is 81.3 Å². The van der Waals surface area contributed by atoms with E-state index in [1.807, 2.05) is 16.9 Å². The number of nitrogens with zero attached hydrogens (tertiary/aromatic N) is 3. The van der Waals surface area contributed by atoms with Crippen LogP contribution < -0.4 is 15.5 Å². The predicted octanol–water partition coefficient (Wildman–Crippen LogP) is 7.31. The summed E-state index contributed by atoms with van der Waals surface area (Å²) in [5.74, 6) is -1.82. The van der Waals surface area contributed by atoms with Crippen LogP contribution in [0.15, 0.2) is 54.7 Å². The van der Waals surface area contributed by atoms with E-state index in [0.29, 0.717) is 42.7 Å². The van der Waals surface area contributed by atoms with Gasteiger partial charge in [-0.3, -0.25) is 9.59 Å². The quantitative estimate of drug-likeness (QED) is 0.121. The van der Waals surface area contributed by atoms with Crippen LogP contribution in [0.25, 0.3) is 0 Å². The monoisotopic (exact) mass is 683 g/mol. The molecule has 9 nitrogen and oxygen atoms in total. The van der Waals surface area contributed by atoms with Gasteiger partial charge >= 0.3 is 12.1 Å². The van der Waals surface area contributed by atoms with Crippen molar-refractivity contribution >= 4 is 17.8 Å². The third-order valence-electron chi connectivity index (χ3n) is 9.33. The molecule has 12 heteroatoms. The fourth-order valence-corrected chi connectivity index (χ4v) is 6.92. The number of aromatic nitrogens is 2. The summed E-state index contributed by atoms with van der Waals surface area (Å²) in [6.07, 6.45) is 6.89. The molecule has 0 spiro atoms. The lowest BCUT2D eigenvalue weighted by Gasteiger charge is -2.33. The van der Waals surface area contributed by atoms with Gasteiger partial charge in [0, 0.05) is 19.5 Å². The molecule has 3 aromatic rings. The molecule has 0 aliphatic carbocycles. The van der Waals surface area contributed by atoms with Gasteiger partial charge in [-0.05, 0) is 54.5 Å². The van der Waals surface area contributed by atoms with E-state index < -0.39 is 43.0 Å². The molecule has 0 radical (unpaired) electrons. The van der Waals surface area contributed by atoms with Gasteiger partial charge in [0.15, 0.2) is 0 Å². The van der Waals surface area contributed by atoms with E-state index in [1.165, 1.54) is 12.0 Å². The van der Waals surface area contributed by atoms with Crippen LogP contribution in [0.2, 0.25) is 0 Å². The third-order valence-corrected chi connectivity index (χ3v) is 9.33. The second-order valence-corrected chi connectivity index (χ2v) is 13.2. The number of anilines is 1. The van der Waals surface area contributed by atoms with Crippen LogP contribution in [-0.2, 0) is 28.9 Å². The second kappa shape index (κ2) is 17.4. The fourth-order valence-electron chi connectivity index (χ4n) is 6.92. The zero-order valence-corrected chi connectivity index (χ0v) is 28.0. The van der Waals surface area contributed by atoms with Crippen LogP contribution in [0.5, 0.6) is 5.75 Å². The zero-order valence-electron chi connectivity index (χ0n) is 28.0. The number of imidazole rings is 1. The first-order valence-corrected chi connectivity index (χ1v) is 17.6. The highest BCUT2D eigenvalue weighted by Gasteiger charge is 2.42. The number of carboxylic acid groups (broad SMARTS) is 1. The standard InChI is InChI=1S/C37H48F3N5O4/c38-37(39,40)26-44-33(15-11-6-4-2-1-3-5-8-12-27-13-9-7-10-14-27)32-24-31(17-16-28(32)22-29(35(44)48)23-34(46)47)49-21-18-30-25-45-36(43-30)41-19-20-42-45/h7,9-10,13-14,16-17,24-25,29,33,42H,1-6,8,11-12,15,18-23,26H2,(H,41,43)(H,46,47)/t29-,33?/m0/s1. The number of fused-ring (bicyclic) bond motifs is 2. The molecule has 1 unspecified atom stereocenters. The van der Waals surface area contributed by atoms with Crippen LogP contribution in [0, 0.1) is 5.92 Å². The topological polar surface area (TPSA) is 109 Å². The summed E-state index contributed by atoms with van der Waals surface area (Å²) in [5.41, 5.74) is 6.70. The first-order chi connectivity index (χ1) is 23.7. The molecular weight excluding hydrogens is 635 g/mol. The summed E-state index contributed by atoms with van der Waals surface area (Å²) in [7, 11) is 0. The first-order valence-electron chi connectivity index (χ1n) is 17.6. The molecule has 1 amide bonds. The smallest absolute Gasteiger partial charge is 0.406 e. The number of aryl methyl sites for hydroxylation is 1. The number of hydrogen-bond donors (Lipinski definition) is 3. The molecule has 0 fully saturated rings. The molecular formula is C37H48F3N5O4. The molecule has 2 atom stereocenters. The van der Waals surface area contributed by atoms with E-state index in [4.69, 9.17) is 4.74 Å². The maximum Gasteiger partial charge on any atom is 0.406 e. The Hall–Kier alpha value is -4.22. The van der Waals surface area contributed by atoms with Gasteiger partial charge in [-0.2, -0.15) is 13.2 Å². The minimum Gasteiger partial charge on any atom is -0.493 e. The number of carbonyl (C=O) groups excluding carboxylic acids is 1. The van der Waals surface area contributed by atoms with Gasteiger partial charge in [0.25, 0.3) is 0 Å². The molecule has 3 N–H and O–H groups in total. The molecule has 0 bridgehead atoms. The number of hydrogen-bond acceptors (Lipinski definition) is 6. The minimum atomic E-state index is -4.63. The number of aliphatic carboxylic acids is 1. The highest BCUT2D eigenvalue weighted by Crippen LogP contribution is 2.39. The summed E-state index contributed by atoms with van der Waals surface area (Å²) in [4.78, 5) is 30.7. The summed E-state index contributed by atoms with van der Waals surface area (Å²) in [6, 6.07) is 14.9. The number of halogens is 3. The summed E-state index contributed by atoms with van der Waals surface area (Å²) in [6.45, 7) is 0.443. The van der Waals surface area contributed by atoms with Crippen molar-refractivity contribution in [3.63, 3.8) is 0 Å². The Morgan fingerprint density at radius 1 is 0.959 bits per heavy atom. The van der Waals surface area contributed by atoms with Gasteiger partial charge in [0.2, 0.25) is 11.9 Å². The fraction of sp³-hybridized carbons (Fsp3) is 0.541. The number of unbranched alkanes of at least 4 members (excludes halogenated alkanes) is 7. The summed E-state index contributed by atoms with van der Waals surface area (Å²) >= 11 is 0. The lowest BCUT2D eigenvalue weighted by atomic mass is 9.91. The minimum absolute atomic E-state index is 0.0656. The van der Waals surface area contributed by atoms with Crippen molar-refractivity contribution in [3.8, 4) is 5.75 Å². The predicted molar refractivity (Wildman–Crippen MR) is 182 cm³/mol. The molecule has 266 valence electrons. The normalized spacial score (nSPS) is 17.4.